The third-order valence-electron chi connectivity index (χ3n) is 7.45. The minimum Gasteiger partial charge on any atom is -0.481 e. The van der Waals surface area contributed by atoms with Crippen LogP contribution >= 0.6 is 0 Å². The summed E-state index contributed by atoms with van der Waals surface area (Å²) in [4.78, 5) is 11.6. The van der Waals surface area contributed by atoms with Gasteiger partial charge in [0.05, 0.1) is 23.7 Å². The van der Waals surface area contributed by atoms with Crippen LogP contribution in [0.1, 0.15) is 63.1 Å². The highest BCUT2D eigenvalue weighted by atomic mass is 19.2. The van der Waals surface area contributed by atoms with Crippen LogP contribution in [-0.4, -0.2) is 25.8 Å². The summed E-state index contributed by atoms with van der Waals surface area (Å²) in [5.41, 5.74) is 1.55. The van der Waals surface area contributed by atoms with Gasteiger partial charge in [-0.3, -0.25) is 9.89 Å². The number of fused-ring (bicyclic) bond motifs is 2. The minimum absolute atomic E-state index is 0.103. The second kappa shape index (κ2) is 8.70. The Hall–Kier alpha value is -3.80. The lowest BCUT2D eigenvalue weighted by atomic mass is 9.74. The second-order valence-corrected chi connectivity index (χ2v) is 10.2. The Balaban J connectivity index is 1.88. The van der Waals surface area contributed by atoms with E-state index in [2.05, 4.69) is 16.3 Å². The number of hydrogen-bond donors (Lipinski definition) is 2. The molecule has 9 heteroatoms. The van der Waals surface area contributed by atoms with Crippen molar-refractivity contribution in [2.45, 2.75) is 57.3 Å². The molecule has 5 rings (SSSR count). The number of benzene rings is 2. The molecule has 0 unspecified atom stereocenters. The molecule has 6 nitrogen and oxygen atoms in total. The number of nitriles is 1. The van der Waals surface area contributed by atoms with Crippen LogP contribution in [0.2, 0.25) is 0 Å². The minimum atomic E-state index is -1.04. The first kappa shape index (κ1) is 23.9. The average Bonchev–Trinajstić information content (AvgIpc) is 3.45. The smallest absolute Gasteiger partial charge is 0.306 e. The number of hydrogen-bond acceptors (Lipinski definition) is 3. The number of aromatic amines is 1. The van der Waals surface area contributed by atoms with E-state index in [0.29, 0.717) is 58.9 Å². The summed E-state index contributed by atoms with van der Waals surface area (Å²) in [6.07, 6.45) is 3.56. The summed E-state index contributed by atoms with van der Waals surface area (Å²) in [5, 5.41) is 26.6. The maximum atomic E-state index is 16.2. The van der Waals surface area contributed by atoms with Crippen LogP contribution in [0, 0.1) is 34.7 Å². The molecule has 0 aliphatic heterocycles. The third kappa shape index (κ3) is 3.72. The predicted octanol–water partition coefficient (Wildman–Crippen LogP) is 6.47. The Bertz CT molecular complexity index is 1540. The lowest BCUT2D eigenvalue weighted by Crippen LogP contribution is -2.26. The number of aromatic nitrogens is 3. The van der Waals surface area contributed by atoms with E-state index in [1.165, 1.54) is 12.3 Å². The number of rotatable bonds is 5. The summed E-state index contributed by atoms with van der Waals surface area (Å²) in [5.74, 6) is -4.01. The van der Waals surface area contributed by atoms with E-state index in [9.17, 15) is 23.9 Å². The van der Waals surface area contributed by atoms with Gasteiger partial charge in [0, 0.05) is 40.1 Å². The number of aliphatic carboxylic acids is 1. The highest BCUT2D eigenvalue weighted by Crippen LogP contribution is 2.48. The van der Waals surface area contributed by atoms with Gasteiger partial charge in [-0.05, 0) is 55.4 Å². The Morgan fingerprint density at radius 1 is 1.19 bits per heavy atom. The maximum absolute atomic E-state index is 16.2. The van der Waals surface area contributed by atoms with Crippen molar-refractivity contribution in [3.05, 3.63) is 59.2 Å². The highest BCUT2D eigenvalue weighted by molar-refractivity contribution is 6.00. The molecule has 36 heavy (non-hydrogen) atoms. The van der Waals surface area contributed by atoms with Crippen molar-refractivity contribution >= 4 is 27.8 Å². The molecule has 2 aromatic carbocycles. The van der Waals surface area contributed by atoms with Gasteiger partial charge in [0.2, 0.25) is 0 Å². The lowest BCUT2D eigenvalue weighted by molar-refractivity contribution is -0.142. The average molecular weight is 495 g/mol. The standard InChI is InChI=1S/C27H25F3N4O2/c1-27(2,9-10-31)25-21(14-3-5-15(6-4-14)26(35)36)22-20(11-16-13-32-33-24(16)23(22)30)34(25)17-7-8-18(28)19(29)12-17/h7-8,11-15H,3-6,9H2,1-2H3,(H,32,33)(H,35,36)/t14-,15-. The molecule has 1 aliphatic rings. The van der Waals surface area contributed by atoms with Crippen molar-refractivity contribution in [2.75, 3.05) is 0 Å². The van der Waals surface area contributed by atoms with E-state index >= 15 is 4.39 Å². The van der Waals surface area contributed by atoms with Crippen LogP contribution < -0.4 is 0 Å². The summed E-state index contributed by atoms with van der Waals surface area (Å²) in [6.45, 7) is 3.75. The van der Waals surface area contributed by atoms with Gasteiger partial charge in [-0.2, -0.15) is 10.4 Å². The monoisotopic (exact) mass is 494 g/mol. The molecule has 0 spiro atoms. The number of nitrogens with one attached hydrogen (secondary N) is 1. The van der Waals surface area contributed by atoms with E-state index < -0.39 is 34.8 Å². The summed E-state index contributed by atoms with van der Waals surface area (Å²) < 4.78 is 46.2. The van der Waals surface area contributed by atoms with Gasteiger partial charge >= 0.3 is 5.97 Å². The molecule has 1 saturated carbocycles. The summed E-state index contributed by atoms with van der Waals surface area (Å²) in [7, 11) is 0. The molecule has 1 fully saturated rings. The zero-order chi connectivity index (χ0) is 25.8. The Morgan fingerprint density at radius 3 is 2.56 bits per heavy atom. The fourth-order valence-corrected chi connectivity index (χ4v) is 5.70. The molecule has 4 aromatic rings. The van der Waals surface area contributed by atoms with Gasteiger partial charge in [0.25, 0.3) is 0 Å². The highest BCUT2D eigenvalue weighted by Gasteiger charge is 2.38. The van der Waals surface area contributed by atoms with Crippen molar-refractivity contribution in [2.24, 2.45) is 5.92 Å². The fourth-order valence-electron chi connectivity index (χ4n) is 5.70. The van der Waals surface area contributed by atoms with Gasteiger partial charge in [-0.15, -0.1) is 0 Å². The molecular formula is C27H25F3N4O2. The van der Waals surface area contributed by atoms with Gasteiger partial charge in [-0.1, -0.05) is 13.8 Å². The number of halogens is 3. The number of carboxylic acid groups (broad SMARTS) is 1. The van der Waals surface area contributed by atoms with Crippen LogP contribution in [0.4, 0.5) is 13.2 Å². The first-order valence-electron chi connectivity index (χ1n) is 11.9. The first-order chi connectivity index (χ1) is 17.1. The summed E-state index contributed by atoms with van der Waals surface area (Å²) >= 11 is 0. The van der Waals surface area contributed by atoms with Gasteiger partial charge < -0.3 is 9.67 Å². The molecule has 0 radical (unpaired) electrons. The van der Waals surface area contributed by atoms with E-state index in [1.54, 1.807) is 10.6 Å². The molecule has 2 N–H and O–H groups in total. The summed E-state index contributed by atoms with van der Waals surface area (Å²) in [6, 6.07) is 7.51. The molecule has 1 aliphatic carbocycles. The van der Waals surface area contributed by atoms with Crippen LogP contribution in [0.25, 0.3) is 27.5 Å². The number of nitrogens with zero attached hydrogens (tertiary/aromatic N) is 3. The predicted molar refractivity (Wildman–Crippen MR) is 128 cm³/mol. The molecule has 0 atom stereocenters. The van der Waals surface area contributed by atoms with Crippen LogP contribution in [-0.2, 0) is 10.2 Å². The van der Waals surface area contributed by atoms with Gasteiger partial charge in [-0.25, -0.2) is 13.2 Å². The lowest BCUT2D eigenvalue weighted by Gasteiger charge is -2.32. The molecule has 0 bridgehead atoms. The molecule has 186 valence electrons. The molecule has 2 aromatic heterocycles. The third-order valence-corrected chi connectivity index (χ3v) is 7.45. The van der Waals surface area contributed by atoms with Crippen molar-refractivity contribution in [1.29, 1.82) is 5.26 Å². The Labute approximate surface area is 205 Å². The quantitative estimate of drug-likeness (QED) is 0.332. The first-order valence-corrected chi connectivity index (χ1v) is 11.9. The Morgan fingerprint density at radius 2 is 1.92 bits per heavy atom. The van der Waals surface area contributed by atoms with E-state index in [0.717, 1.165) is 12.1 Å². The largest absolute Gasteiger partial charge is 0.481 e. The van der Waals surface area contributed by atoms with Gasteiger partial charge in [0.15, 0.2) is 17.5 Å². The number of carboxylic acids is 1. The molecule has 0 amide bonds. The topological polar surface area (TPSA) is 94.7 Å². The SMILES string of the molecule is CC(C)(CC#N)c1c([C@H]2CC[C@H](C(=O)O)CC2)c2c(F)c3[nH]ncc3cc2n1-c1ccc(F)c(F)c1. The van der Waals surface area contributed by atoms with Crippen molar-refractivity contribution in [3.63, 3.8) is 0 Å². The molecular weight excluding hydrogens is 469 g/mol. The van der Waals surface area contributed by atoms with Crippen LogP contribution in [0.3, 0.4) is 0 Å². The molecule has 2 heterocycles. The number of H-pyrrole nitrogens is 1. The normalized spacial score (nSPS) is 18.6. The Kier molecular flexibility index (Phi) is 5.78. The van der Waals surface area contributed by atoms with Crippen molar-refractivity contribution < 1.29 is 23.1 Å². The zero-order valence-corrected chi connectivity index (χ0v) is 19.9. The maximum Gasteiger partial charge on any atom is 0.306 e. The van der Waals surface area contributed by atoms with E-state index in [-0.39, 0.29) is 17.9 Å². The van der Waals surface area contributed by atoms with Crippen LogP contribution in [0.15, 0.2) is 30.5 Å². The van der Waals surface area contributed by atoms with Crippen molar-refractivity contribution in [3.8, 4) is 11.8 Å². The van der Waals surface area contributed by atoms with Crippen molar-refractivity contribution in [1.82, 2.24) is 14.8 Å². The van der Waals surface area contributed by atoms with E-state index in [1.807, 2.05) is 13.8 Å². The second-order valence-electron chi connectivity index (χ2n) is 10.2. The van der Waals surface area contributed by atoms with Crippen LogP contribution in [0.5, 0.6) is 0 Å². The zero-order valence-electron chi connectivity index (χ0n) is 19.9. The molecule has 0 saturated heterocycles. The van der Waals surface area contributed by atoms with Gasteiger partial charge in [0.1, 0.15) is 5.52 Å². The fraction of sp³-hybridized carbons (Fsp3) is 0.370. The number of carbonyl (C=O) groups is 1. The van der Waals surface area contributed by atoms with E-state index in [4.69, 9.17) is 0 Å².